The number of aryl methyl sites for hydroxylation is 4. The molecule has 4 heterocycles. The Labute approximate surface area is 192 Å². The molecule has 0 radical (unpaired) electrons. The van der Waals surface area contributed by atoms with Gasteiger partial charge in [-0.05, 0) is 73.9 Å². The van der Waals surface area contributed by atoms with Crippen LogP contribution >= 0.6 is 45.3 Å². The Morgan fingerprint density at radius 1 is 0.467 bits per heavy atom. The number of thiophene rings is 4. The summed E-state index contributed by atoms with van der Waals surface area (Å²) in [5, 5.41) is 5.60. The second kappa shape index (κ2) is 6.76. The SMILES string of the molecule is Cc1ccc(-c2ccc(-c3sc4c(ccc5c4ccc4c(C)c(C)sc45)c3C)s2)s1. The summed E-state index contributed by atoms with van der Waals surface area (Å²) in [4.78, 5) is 8.34. The Morgan fingerprint density at radius 2 is 1.03 bits per heavy atom. The summed E-state index contributed by atoms with van der Waals surface area (Å²) in [6, 6.07) is 18.4. The fraction of sp³-hybridized carbons (Fsp3) is 0.154. The predicted molar refractivity (Wildman–Crippen MR) is 140 cm³/mol. The molecule has 2 aromatic carbocycles. The van der Waals surface area contributed by atoms with Crippen molar-refractivity contribution in [1.82, 2.24) is 0 Å². The van der Waals surface area contributed by atoms with Crippen molar-refractivity contribution in [2.24, 2.45) is 0 Å². The minimum atomic E-state index is 1.37. The molecular weight excluding hydrogens is 441 g/mol. The first-order valence-electron chi connectivity index (χ1n) is 10.0. The molecule has 0 nitrogen and oxygen atoms in total. The molecule has 0 saturated carbocycles. The Hall–Kier alpha value is -1.98. The third-order valence-electron chi connectivity index (χ3n) is 6.05. The van der Waals surface area contributed by atoms with Gasteiger partial charge in [0.1, 0.15) is 0 Å². The quantitative estimate of drug-likeness (QED) is 0.241. The standard InChI is InChI=1S/C26H20S4/c1-13-5-10-21(27-13)22-11-12-23(29-22)24-15(3)18-7-9-19-20(26(18)30-24)8-6-17-14(2)16(4)28-25(17)19/h5-12H,1-4H3. The maximum absolute atomic E-state index is 2.34. The highest BCUT2D eigenvalue weighted by Gasteiger charge is 2.17. The third-order valence-corrected chi connectivity index (χ3v) is 11.1. The van der Waals surface area contributed by atoms with Gasteiger partial charge in [-0.3, -0.25) is 0 Å². The lowest BCUT2D eigenvalue weighted by molar-refractivity contribution is 1.47. The highest BCUT2D eigenvalue weighted by Crippen LogP contribution is 2.47. The molecule has 0 atom stereocenters. The van der Waals surface area contributed by atoms with Crippen LogP contribution in [0.2, 0.25) is 0 Å². The van der Waals surface area contributed by atoms with Crippen LogP contribution in [0.5, 0.6) is 0 Å². The molecule has 6 aromatic rings. The van der Waals surface area contributed by atoms with E-state index in [4.69, 9.17) is 0 Å². The van der Waals surface area contributed by atoms with Gasteiger partial charge in [0, 0.05) is 49.4 Å². The van der Waals surface area contributed by atoms with Gasteiger partial charge in [0.25, 0.3) is 0 Å². The largest absolute Gasteiger partial charge is 0.140 e. The first-order valence-corrected chi connectivity index (χ1v) is 13.3. The molecule has 0 amide bonds. The Morgan fingerprint density at radius 3 is 1.73 bits per heavy atom. The molecule has 0 N–H and O–H groups in total. The fourth-order valence-electron chi connectivity index (χ4n) is 4.28. The highest BCUT2D eigenvalue weighted by molar-refractivity contribution is 7.29. The van der Waals surface area contributed by atoms with Gasteiger partial charge in [-0.15, -0.1) is 45.3 Å². The predicted octanol–water partition coefficient (Wildman–Crippen LogP) is 9.96. The Bertz CT molecular complexity index is 1580. The van der Waals surface area contributed by atoms with Gasteiger partial charge in [0.2, 0.25) is 0 Å². The molecule has 0 fully saturated rings. The summed E-state index contributed by atoms with van der Waals surface area (Å²) in [5.74, 6) is 0. The van der Waals surface area contributed by atoms with E-state index in [1.54, 1.807) is 0 Å². The molecule has 30 heavy (non-hydrogen) atoms. The van der Waals surface area contributed by atoms with Crippen LogP contribution in [0.3, 0.4) is 0 Å². The van der Waals surface area contributed by atoms with Crippen LogP contribution in [0.15, 0.2) is 48.5 Å². The average Bonchev–Trinajstić information content (AvgIpc) is 3.50. The molecule has 0 bridgehead atoms. The van der Waals surface area contributed by atoms with E-state index in [1.807, 2.05) is 45.3 Å². The van der Waals surface area contributed by atoms with Crippen molar-refractivity contribution < 1.29 is 0 Å². The summed E-state index contributed by atoms with van der Waals surface area (Å²) >= 11 is 7.69. The number of fused-ring (bicyclic) bond motifs is 5. The molecule has 0 unspecified atom stereocenters. The molecule has 6 rings (SSSR count). The Kier molecular flexibility index (Phi) is 4.23. The number of hydrogen-bond donors (Lipinski definition) is 0. The molecule has 0 aliphatic rings. The summed E-state index contributed by atoms with van der Waals surface area (Å²) in [6.07, 6.45) is 0. The zero-order valence-corrected chi connectivity index (χ0v) is 20.5. The zero-order valence-electron chi connectivity index (χ0n) is 17.3. The summed E-state index contributed by atoms with van der Waals surface area (Å²) in [5.41, 5.74) is 2.83. The maximum Gasteiger partial charge on any atom is 0.0484 e. The molecule has 148 valence electrons. The van der Waals surface area contributed by atoms with Gasteiger partial charge < -0.3 is 0 Å². The van der Waals surface area contributed by atoms with Crippen molar-refractivity contribution in [2.75, 3.05) is 0 Å². The molecule has 0 spiro atoms. The van der Waals surface area contributed by atoms with E-state index >= 15 is 0 Å². The van der Waals surface area contributed by atoms with Gasteiger partial charge >= 0.3 is 0 Å². The summed E-state index contributed by atoms with van der Waals surface area (Å²) in [7, 11) is 0. The van der Waals surface area contributed by atoms with E-state index in [1.165, 1.54) is 71.3 Å². The fourth-order valence-corrected chi connectivity index (χ4v) is 8.93. The molecule has 0 aliphatic carbocycles. The van der Waals surface area contributed by atoms with Gasteiger partial charge in [-0.25, -0.2) is 0 Å². The van der Waals surface area contributed by atoms with E-state index in [2.05, 4.69) is 76.2 Å². The lowest BCUT2D eigenvalue weighted by Crippen LogP contribution is -1.76. The normalized spacial score (nSPS) is 12.0. The van der Waals surface area contributed by atoms with Gasteiger partial charge in [-0.1, -0.05) is 24.3 Å². The molecule has 0 saturated heterocycles. The Balaban J connectivity index is 1.57. The van der Waals surface area contributed by atoms with E-state index in [9.17, 15) is 0 Å². The van der Waals surface area contributed by atoms with Crippen molar-refractivity contribution in [2.45, 2.75) is 27.7 Å². The van der Waals surface area contributed by atoms with Crippen molar-refractivity contribution in [1.29, 1.82) is 0 Å². The van der Waals surface area contributed by atoms with Gasteiger partial charge in [-0.2, -0.15) is 0 Å². The lowest BCUT2D eigenvalue weighted by Gasteiger charge is -2.02. The van der Waals surface area contributed by atoms with Gasteiger partial charge in [0.15, 0.2) is 0 Å². The van der Waals surface area contributed by atoms with Crippen molar-refractivity contribution in [3.05, 3.63) is 69.4 Å². The van der Waals surface area contributed by atoms with Crippen LogP contribution in [-0.4, -0.2) is 0 Å². The van der Waals surface area contributed by atoms with Crippen LogP contribution < -0.4 is 0 Å². The monoisotopic (exact) mass is 460 g/mol. The summed E-state index contributed by atoms with van der Waals surface area (Å²) in [6.45, 7) is 8.95. The zero-order chi connectivity index (χ0) is 20.6. The van der Waals surface area contributed by atoms with Crippen LogP contribution in [0.4, 0.5) is 0 Å². The van der Waals surface area contributed by atoms with E-state index < -0.39 is 0 Å². The van der Waals surface area contributed by atoms with Crippen LogP contribution in [0, 0.1) is 27.7 Å². The second-order valence-electron chi connectivity index (χ2n) is 7.89. The lowest BCUT2D eigenvalue weighted by atomic mass is 10.0. The number of rotatable bonds is 2. The van der Waals surface area contributed by atoms with Gasteiger partial charge in [0.05, 0.1) is 0 Å². The van der Waals surface area contributed by atoms with Crippen LogP contribution in [0.1, 0.15) is 20.9 Å². The maximum atomic E-state index is 2.34. The molecule has 0 aliphatic heterocycles. The minimum absolute atomic E-state index is 1.37. The average molecular weight is 461 g/mol. The van der Waals surface area contributed by atoms with Crippen molar-refractivity contribution in [3.8, 4) is 19.5 Å². The molecular formula is C26H20S4. The van der Waals surface area contributed by atoms with Crippen molar-refractivity contribution in [3.63, 3.8) is 0 Å². The van der Waals surface area contributed by atoms with Crippen molar-refractivity contribution >= 4 is 76.3 Å². The number of benzene rings is 2. The van der Waals surface area contributed by atoms with Crippen LogP contribution in [-0.2, 0) is 0 Å². The molecule has 4 aromatic heterocycles. The minimum Gasteiger partial charge on any atom is -0.140 e. The van der Waals surface area contributed by atoms with E-state index in [0.29, 0.717) is 0 Å². The smallest absolute Gasteiger partial charge is 0.0484 e. The first kappa shape index (κ1) is 18.8. The van der Waals surface area contributed by atoms with E-state index in [-0.39, 0.29) is 0 Å². The summed E-state index contributed by atoms with van der Waals surface area (Å²) < 4.78 is 2.86. The topological polar surface area (TPSA) is 0 Å². The third kappa shape index (κ3) is 2.68. The molecule has 4 heteroatoms. The number of hydrogen-bond acceptors (Lipinski definition) is 4. The first-order chi connectivity index (χ1) is 14.5. The van der Waals surface area contributed by atoms with Crippen LogP contribution in [0.25, 0.3) is 50.5 Å². The highest BCUT2D eigenvalue weighted by atomic mass is 32.1. The second-order valence-corrected chi connectivity index (χ2v) is 12.5. The van der Waals surface area contributed by atoms with E-state index in [0.717, 1.165) is 0 Å².